The third kappa shape index (κ3) is 5.39. The number of fused-ring (bicyclic) bond motifs is 1. The number of carbonyl (C=O) groups is 2. The molecule has 1 aromatic heterocycles. The Bertz CT molecular complexity index is 1380. The first-order valence-electron chi connectivity index (χ1n) is 10.2. The number of hydrogen-bond donors (Lipinski definition) is 2. The van der Waals surface area contributed by atoms with E-state index < -0.39 is 0 Å². The molecule has 3 aromatic carbocycles. The van der Waals surface area contributed by atoms with Gasteiger partial charge in [0.05, 0.1) is 11.2 Å². The molecule has 0 aliphatic heterocycles. The van der Waals surface area contributed by atoms with Gasteiger partial charge in [0.15, 0.2) is 0 Å². The summed E-state index contributed by atoms with van der Waals surface area (Å²) in [5.41, 5.74) is 5.40. The van der Waals surface area contributed by atoms with Crippen molar-refractivity contribution in [3.63, 3.8) is 0 Å². The summed E-state index contributed by atoms with van der Waals surface area (Å²) < 4.78 is 0.837. The van der Waals surface area contributed by atoms with Crippen molar-refractivity contribution in [1.82, 2.24) is 5.43 Å². The van der Waals surface area contributed by atoms with Crippen LogP contribution in [-0.4, -0.2) is 32.1 Å². The fourth-order valence-electron chi connectivity index (χ4n) is 3.17. The van der Waals surface area contributed by atoms with E-state index in [1.807, 2.05) is 43.3 Å². The summed E-state index contributed by atoms with van der Waals surface area (Å²) in [4.78, 5) is 27.5. The number of anilines is 2. The minimum Gasteiger partial charge on any atom is -0.378 e. The fraction of sp³-hybridized carbons (Fsp3) is 0.0800. The van der Waals surface area contributed by atoms with Gasteiger partial charge in [-0.2, -0.15) is 5.10 Å². The maximum atomic E-state index is 12.7. The molecule has 0 aliphatic carbocycles. The van der Waals surface area contributed by atoms with Gasteiger partial charge in [-0.3, -0.25) is 9.59 Å². The number of hydrazone groups is 1. The molecule has 0 spiro atoms. The lowest BCUT2D eigenvalue weighted by atomic mass is 10.2. The number of halogens is 2. The van der Waals surface area contributed by atoms with E-state index in [-0.39, 0.29) is 11.8 Å². The fourth-order valence-corrected chi connectivity index (χ4v) is 4.85. The van der Waals surface area contributed by atoms with Crippen molar-refractivity contribution >= 4 is 74.0 Å². The van der Waals surface area contributed by atoms with Crippen LogP contribution in [0.2, 0.25) is 10.0 Å². The van der Waals surface area contributed by atoms with Crippen molar-refractivity contribution in [2.45, 2.75) is 0 Å². The Morgan fingerprint density at radius 2 is 1.65 bits per heavy atom. The van der Waals surface area contributed by atoms with Crippen molar-refractivity contribution < 1.29 is 9.59 Å². The first kappa shape index (κ1) is 23.8. The average molecular weight is 511 g/mol. The predicted octanol–water partition coefficient (Wildman–Crippen LogP) is 6.29. The van der Waals surface area contributed by atoms with Crippen LogP contribution in [0.25, 0.3) is 10.1 Å². The molecule has 0 radical (unpaired) electrons. The van der Waals surface area contributed by atoms with E-state index in [2.05, 4.69) is 15.8 Å². The van der Waals surface area contributed by atoms with Crippen molar-refractivity contribution in [3.8, 4) is 0 Å². The van der Waals surface area contributed by atoms with E-state index >= 15 is 0 Å². The highest BCUT2D eigenvalue weighted by atomic mass is 35.5. The van der Waals surface area contributed by atoms with Crippen LogP contribution in [0, 0.1) is 0 Å². The molecule has 0 saturated carbocycles. The number of carbonyl (C=O) groups excluding carboxylic acids is 2. The molecule has 0 aliphatic rings. The molecule has 34 heavy (non-hydrogen) atoms. The molecular formula is C25H20Cl2N4O2S. The first-order valence-corrected chi connectivity index (χ1v) is 11.8. The van der Waals surface area contributed by atoms with Crippen molar-refractivity contribution in [1.29, 1.82) is 0 Å². The molecule has 0 bridgehead atoms. The smallest absolute Gasteiger partial charge is 0.271 e. The third-order valence-corrected chi connectivity index (χ3v) is 6.88. The Hall–Kier alpha value is -3.39. The number of nitrogens with zero attached hydrogens (tertiary/aromatic N) is 2. The van der Waals surface area contributed by atoms with Crippen LogP contribution >= 0.6 is 34.5 Å². The van der Waals surface area contributed by atoms with Crippen molar-refractivity contribution in [2.24, 2.45) is 5.10 Å². The largest absolute Gasteiger partial charge is 0.378 e. The highest BCUT2D eigenvalue weighted by Crippen LogP contribution is 2.37. The minimum absolute atomic E-state index is 0.329. The Balaban J connectivity index is 1.37. The Morgan fingerprint density at radius 1 is 0.941 bits per heavy atom. The molecule has 2 amide bonds. The average Bonchev–Trinajstić information content (AvgIpc) is 3.15. The summed E-state index contributed by atoms with van der Waals surface area (Å²) in [6.45, 7) is 0. The molecule has 0 atom stereocenters. The monoisotopic (exact) mass is 510 g/mol. The van der Waals surface area contributed by atoms with Crippen LogP contribution in [0.3, 0.4) is 0 Å². The van der Waals surface area contributed by atoms with Crippen LogP contribution in [0.5, 0.6) is 0 Å². The number of benzene rings is 3. The minimum atomic E-state index is -0.358. The third-order valence-electron chi connectivity index (χ3n) is 4.99. The predicted molar refractivity (Wildman–Crippen MR) is 142 cm³/mol. The maximum Gasteiger partial charge on any atom is 0.271 e. The highest BCUT2D eigenvalue weighted by Gasteiger charge is 2.17. The summed E-state index contributed by atoms with van der Waals surface area (Å²) >= 11 is 13.7. The highest BCUT2D eigenvalue weighted by molar-refractivity contribution is 7.21. The molecule has 4 rings (SSSR count). The molecule has 1 heterocycles. The van der Waals surface area contributed by atoms with Gasteiger partial charge < -0.3 is 10.2 Å². The molecule has 0 saturated heterocycles. The van der Waals surface area contributed by atoms with Crippen molar-refractivity contribution in [2.75, 3.05) is 24.3 Å². The Kier molecular flexibility index (Phi) is 7.17. The van der Waals surface area contributed by atoms with E-state index in [1.54, 1.807) is 48.7 Å². The molecule has 0 unspecified atom stereocenters. The lowest BCUT2D eigenvalue weighted by Crippen LogP contribution is -2.17. The lowest BCUT2D eigenvalue weighted by Gasteiger charge is -2.11. The normalized spacial score (nSPS) is 11.1. The summed E-state index contributed by atoms with van der Waals surface area (Å²) in [6.07, 6.45) is 1.58. The molecule has 4 aromatic rings. The second-order valence-corrected chi connectivity index (χ2v) is 9.47. The van der Waals surface area contributed by atoms with E-state index in [4.69, 9.17) is 23.2 Å². The Labute approximate surface area is 210 Å². The topological polar surface area (TPSA) is 73.8 Å². The Morgan fingerprint density at radius 3 is 2.32 bits per heavy atom. The van der Waals surface area contributed by atoms with Crippen LogP contribution in [-0.2, 0) is 0 Å². The number of nitrogens with one attached hydrogen (secondary N) is 2. The number of hydrogen-bond acceptors (Lipinski definition) is 5. The second-order valence-electron chi connectivity index (χ2n) is 7.60. The zero-order valence-electron chi connectivity index (χ0n) is 18.3. The standard InChI is InChI=1S/C25H20Cl2N4O2S/c1-31(2)19-10-3-15(4-11-19)14-28-30-24(32)16-5-8-18(9-6-16)29-25(33)23-22(27)20-12-7-17(26)13-21(20)34-23/h3-14H,1-2H3,(H,29,33)(H,30,32)/b28-14-. The molecule has 6 nitrogen and oxygen atoms in total. The van der Waals surface area contributed by atoms with E-state index in [9.17, 15) is 9.59 Å². The van der Waals surface area contributed by atoms with Gasteiger partial charge in [0.2, 0.25) is 0 Å². The zero-order chi connectivity index (χ0) is 24.2. The van der Waals surface area contributed by atoms with Gasteiger partial charge >= 0.3 is 0 Å². The quantitative estimate of drug-likeness (QED) is 0.236. The number of thiophene rings is 1. The van der Waals surface area contributed by atoms with Crippen molar-refractivity contribution in [3.05, 3.63) is 92.8 Å². The van der Waals surface area contributed by atoms with Crippen LogP contribution in [0.1, 0.15) is 25.6 Å². The van der Waals surface area contributed by atoms with E-state index in [0.717, 1.165) is 21.3 Å². The summed E-state index contributed by atoms with van der Waals surface area (Å²) in [5.74, 6) is -0.687. The van der Waals surface area contributed by atoms with Gasteiger partial charge in [-0.25, -0.2) is 5.43 Å². The summed E-state index contributed by atoms with van der Waals surface area (Å²) in [6, 6.07) is 19.6. The molecule has 172 valence electrons. The molecule has 2 N–H and O–H groups in total. The van der Waals surface area contributed by atoms with Gasteiger partial charge in [0.1, 0.15) is 4.88 Å². The SMILES string of the molecule is CN(C)c1ccc(/C=N\NC(=O)c2ccc(NC(=O)c3sc4cc(Cl)ccc4c3Cl)cc2)cc1. The summed E-state index contributed by atoms with van der Waals surface area (Å²) in [5, 5.41) is 8.57. The molecular weight excluding hydrogens is 491 g/mol. The molecule has 0 fully saturated rings. The van der Waals surface area contributed by atoms with Gasteiger partial charge in [-0.15, -0.1) is 11.3 Å². The number of amides is 2. The van der Waals surface area contributed by atoms with Gasteiger partial charge in [0.25, 0.3) is 11.8 Å². The van der Waals surface area contributed by atoms with Gasteiger partial charge in [-0.05, 0) is 54.1 Å². The van der Waals surface area contributed by atoms with Crippen LogP contribution in [0.15, 0.2) is 71.8 Å². The second kappa shape index (κ2) is 10.3. The lowest BCUT2D eigenvalue weighted by molar-refractivity contribution is 0.0954. The maximum absolute atomic E-state index is 12.7. The van der Waals surface area contributed by atoms with Crippen LogP contribution in [0.4, 0.5) is 11.4 Å². The molecule has 9 heteroatoms. The number of rotatable bonds is 6. The first-order chi connectivity index (χ1) is 16.3. The summed E-state index contributed by atoms with van der Waals surface area (Å²) in [7, 11) is 3.94. The van der Waals surface area contributed by atoms with E-state index in [0.29, 0.717) is 26.2 Å². The zero-order valence-corrected chi connectivity index (χ0v) is 20.6. The van der Waals surface area contributed by atoms with Gasteiger partial charge in [-0.1, -0.05) is 41.4 Å². The van der Waals surface area contributed by atoms with Gasteiger partial charge in [0, 0.05) is 46.1 Å². The van der Waals surface area contributed by atoms with E-state index in [1.165, 1.54) is 11.3 Å². The van der Waals surface area contributed by atoms with Crippen LogP contribution < -0.4 is 15.6 Å².